The van der Waals surface area contributed by atoms with Crippen LogP contribution >= 0.6 is 11.6 Å². The molecule has 0 heterocycles. The van der Waals surface area contributed by atoms with E-state index in [2.05, 4.69) is 6.92 Å². The molecule has 0 saturated heterocycles. The Hall–Kier alpha value is -0.770. The first-order valence-electron chi connectivity index (χ1n) is 7.75. The average molecular weight is 312 g/mol. The normalized spacial score (nSPS) is 27.4. The first-order valence-corrected chi connectivity index (χ1v) is 8.13. The minimum Gasteiger partial charge on any atom is -0.495 e. The molecule has 21 heavy (non-hydrogen) atoms. The molecule has 1 aliphatic carbocycles. The second-order valence-electron chi connectivity index (χ2n) is 6.05. The van der Waals surface area contributed by atoms with Gasteiger partial charge in [0, 0.05) is 6.61 Å². The number of hydrogen-bond donors (Lipinski definition) is 1. The Morgan fingerprint density at radius 3 is 2.62 bits per heavy atom. The Morgan fingerprint density at radius 1 is 1.38 bits per heavy atom. The summed E-state index contributed by atoms with van der Waals surface area (Å²) in [4.78, 5) is 0. The molecule has 1 unspecified atom stereocenters. The molecule has 0 radical (unpaired) electrons. The minimum absolute atomic E-state index is 0.156. The maximum absolute atomic E-state index is 6.59. The summed E-state index contributed by atoms with van der Waals surface area (Å²) in [6.07, 6.45) is 4.35. The number of halogens is 1. The average Bonchev–Trinajstić information content (AvgIpc) is 2.50. The summed E-state index contributed by atoms with van der Waals surface area (Å²) < 4.78 is 11.4. The Balaban J connectivity index is 2.28. The van der Waals surface area contributed by atoms with Gasteiger partial charge in [0.05, 0.1) is 23.8 Å². The fourth-order valence-electron chi connectivity index (χ4n) is 3.26. The SMILES string of the molecule is CCOC1(C(N)c2ccc(Cl)c(OC)c2)CCC(C)CC1. The second kappa shape index (κ2) is 6.99. The zero-order valence-electron chi connectivity index (χ0n) is 13.2. The summed E-state index contributed by atoms with van der Waals surface area (Å²) in [7, 11) is 1.62. The van der Waals surface area contributed by atoms with Crippen molar-refractivity contribution in [2.45, 2.75) is 51.2 Å². The fraction of sp³-hybridized carbons (Fsp3) is 0.647. The maximum Gasteiger partial charge on any atom is 0.137 e. The van der Waals surface area contributed by atoms with Gasteiger partial charge in [-0.05, 0) is 56.2 Å². The van der Waals surface area contributed by atoms with E-state index in [0.29, 0.717) is 17.4 Å². The number of benzene rings is 1. The van der Waals surface area contributed by atoms with Gasteiger partial charge in [-0.2, -0.15) is 0 Å². The number of methoxy groups -OCH3 is 1. The molecular weight excluding hydrogens is 286 g/mol. The van der Waals surface area contributed by atoms with Gasteiger partial charge in [-0.3, -0.25) is 0 Å². The summed E-state index contributed by atoms with van der Waals surface area (Å²) >= 11 is 6.10. The monoisotopic (exact) mass is 311 g/mol. The number of ether oxygens (including phenoxy) is 2. The molecule has 2 N–H and O–H groups in total. The van der Waals surface area contributed by atoms with Crippen LogP contribution in [0.1, 0.15) is 51.1 Å². The second-order valence-corrected chi connectivity index (χ2v) is 6.46. The Bertz CT molecular complexity index is 470. The molecule has 2 rings (SSSR count). The zero-order valence-corrected chi connectivity index (χ0v) is 14.0. The van der Waals surface area contributed by atoms with Crippen molar-refractivity contribution < 1.29 is 9.47 Å². The zero-order chi connectivity index (χ0) is 15.5. The molecule has 0 amide bonds. The first kappa shape index (κ1) is 16.6. The van der Waals surface area contributed by atoms with Crippen LogP contribution in [0.2, 0.25) is 5.02 Å². The number of nitrogens with two attached hydrogens (primary N) is 1. The highest BCUT2D eigenvalue weighted by molar-refractivity contribution is 6.32. The smallest absolute Gasteiger partial charge is 0.137 e. The molecule has 3 nitrogen and oxygen atoms in total. The van der Waals surface area contributed by atoms with Gasteiger partial charge in [-0.25, -0.2) is 0 Å². The molecule has 1 fully saturated rings. The third-order valence-corrected chi connectivity index (χ3v) is 4.97. The van der Waals surface area contributed by atoms with Gasteiger partial charge in [-0.1, -0.05) is 24.6 Å². The Kier molecular flexibility index (Phi) is 5.53. The third-order valence-electron chi connectivity index (χ3n) is 4.65. The summed E-state index contributed by atoms with van der Waals surface area (Å²) in [5, 5.41) is 0.608. The quantitative estimate of drug-likeness (QED) is 0.880. The van der Waals surface area contributed by atoms with Crippen LogP contribution in [-0.4, -0.2) is 19.3 Å². The highest BCUT2D eigenvalue weighted by Gasteiger charge is 2.41. The van der Waals surface area contributed by atoms with Crippen LogP contribution in [0.4, 0.5) is 0 Å². The van der Waals surface area contributed by atoms with E-state index in [4.69, 9.17) is 26.8 Å². The van der Waals surface area contributed by atoms with Crippen molar-refractivity contribution in [3.8, 4) is 5.75 Å². The number of hydrogen-bond acceptors (Lipinski definition) is 3. The van der Waals surface area contributed by atoms with Gasteiger partial charge in [0.15, 0.2) is 0 Å². The van der Waals surface area contributed by atoms with Crippen LogP contribution in [0.25, 0.3) is 0 Å². The van der Waals surface area contributed by atoms with E-state index in [9.17, 15) is 0 Å². The van der Waals surface area contributed by atoms with Crippen molar-refractivity contribution in [3.05, 3.63) is 28.8 Å². The van der Waals surface area contributed by atoms with E-state index in [1.165, 1.54) is 12.8 Å². The van der Waals surface area contributed by atoms with E-state index in [1.807, 2.05) is 25.1 Å². The van der Waals surface area contributed by atoms with Crippen LogP contribution in [-0.2, 0) is 4.74 Å². The molecule has 4 heteroatoms. The lowest BCUT2D eigenvalue weighted by molar-refractivity contribution is -0.0897. The van der Waals surface area contributed by atoms with Gasteiger partial charge < -0.3 is 15.2 Å². The molecule has 118 valence electrons. The standard InChI is InChI=1S/C17H26ClNO2/c1-4-21-17(9-7-12(2)8-10-17)16(19)13-5-6-14(18)15(11-13)20-3/h5-6,11-12,16H,4,7-10,19H2,1-3H3. The molecule has 1 aromatic rings. The van der Waals surface area contributed by atoms with E-state index in [0.717, 1.165) is 24.3 Å². The number of rotatable bonds is 5. The lowest BCUT2D eigenvalue weighted by atomic mass is 9.73. The molecule has 1 saturated carbocycles. The van der Waals surface area contributed by atoms with E-state index < -0.39 is 0 Å². The maximum atomic E-state index is 6.59. The topological polar surface area (TPSA) is 44.5 Å². The molecule has 0 aromatic heterocycles. The Morgan fingerprint density at radius 2 is 2.05 bits per heavy atom. The summed E-state index contributed by atoms with van der Waals surface area (Å²) in [5.74, 6) is 1.42. The lowest BCUT2D eigenvalue weighted by Gasteiger charge is -2.43. The molecule has 1 atom stereocenters. The van der Waals surface area contributed by atoms with Crippen molar-refractivity contribution in [2.75, 3.05) is 13.7 Å². The van der Waals surface area contributed by atoms with Gasteiger partial charge in [0.1, 0.15) is 5.75 Å². The largest absolute Gasteiger partial charge is 0.495 e. The molecule has 1 aromatic carbocycles. The van der Waals surface area contributed by atoms with Crippen molar-refractivity contribution in [3.63, 3.8) is 0 Å². The van der Waals surface area contributed by atoms with Crippen LogP contribution in [0.5, 0.6) is 5.75 Å². The van der Waals surface area contributed by atoms with E-state index in [1.54, 1.807) is 7.11 Å². The third kappa shape index (κ3) is 3.53. The van der Waals surface area contributed by atoms with Gasteiger partial charge in [0.2, 0.25) is 0 Å². The molecule has 1 aliphatic rings. The van der Waals surface area contributed by atoms with Gasteiger partial charge in [-0.15, -0.1) is 0 Å². The van der Waals surface area contributed by atoms with Crippen molar-refractivity contribution >= 4 is 11.6 Å². The molecule has 0 aliphatic heterocycles. The molecular formula is C17H26ClNO2. The molecule has 0 bridgehead atoms. The van der Waals surface area contributed by atoms with E-state index in [-0.39, 0.29) is 11.6 Å². The molecule has 0 spiro atoms. The van der Waals surface area contributed by atoms with Crippen LogP contribution < -0.4 is 10.5 Å². The van der Waals surface area contributed by atoms with Crippen molar-refractivity contribution in [1.82, 2.24) is 0 Å². The summed E-state index contributed by atoms with van der Waals surface area (Å²) in [5.41, 5.74) is 7.35. The van der Waals surface area contributed by atoms with Crippen LogP contribution in [0.15, 0.2) is 18.2 Å². The Labute approximate surface area is 132 Å². The van der Waals surface area contributed by atoms with Crippen LogP contribution in [0, 0.1) is 5.92 Å². The predicted molar refractivity (Wildman–Crippen MR) is 86.9 cm³/mol. The van der Waals surface area contributed by atoms with Gasteiger partial charge in [0.25, 0.3) is 0 Å². The van der Waals surface area contributed by atoms with Crippen molar-refractivity contribution in [1.29, 1.82) is 0 Å². The fourth-order valence-corrected chi connectivity index (χ4v) is 3.45. The van der Waals surface area contributed by atoms with Crippen LogP contribution in [0.3, 0.4) is 0 Å². The first-order chi connectivity index (χ1) is 10.0. The summed E-state index contributed by atoms with van der Waals surface area (Å²) in [6, 6.07) is 5.61. The highest BCUT2D eigenvalue weighted by atomic mass is 35.5. The van der Waals surface area contributed by atoms with Gasteiger partial charge >= 0.3 is 0 Å². The van der Waals surface area contributed by atoms with E-state index >= 15 is 0 Å². The minimum atomic E-state index is -0.264. The summed E-state index contributed by atoms with van der Waals surface area (Å²) in [6.45, 7) is 5.02. The lowest BCUT2D eigenvalue weighted by Crippen LogP contribution is -2.46. The highest BCUT2D eigenvalue weighted by Crippen LogP contribution is 2.43. The van der Waals surface area contributed by atoms with Crippen molar-refractivity contribution in [2.24, 2.45) is 11.7 Å². The predicted octanol–water partition coefficient (Wildman–Crippen LogP) is 4.33.